The number of hydrogen-bond donors (Lipinski definition) is 0. The molecule has 26 heavy (non-hydrogen) atoms. The zero-order valence-corrected chi connectivity index (χ0v) is 15.4. The highest BCUT2D eigenvalue weighted by molar-refractivity contribution is 5.88. The lowest BCUT2D eigenvalue weighted by Gasteiger charge is -2.28. The van der Waals surface area contributed by atoms with Crippen molar-refractivity contribution in [1.82, 2.24) is 4.98 Å². The van der Waals surface area contributed by atoms with E-state index in [1.165, 1.54) is 0 Å². The van der Waals surface area contributed by atoms with Crippen molar-refractivity contribution in [3.8, 4) is 11.5 Å². The van der Waals surface area contributed by atoms with E-state index < -0.39 is 6.29 Å². The third-order valence-electron chi connectivity index (χ3n) is 4.73. The van der Waals surface area contributed by atoms with Gasteiger partial charge in [-0.15, -0.1) is 0 Å². The first-order valence-corrected chi connectivity index (χ1v) is 8.59. The van der Waals surface area contributed by atoms with Gasteiger partial charge in [0.1, 0.15) is 11.5 Å². The Morgan fingerprint density at radius 2 is 1.88 bits per heavy atom. The van der Waals surface area contributed by atoms with Gasteiger partial charge >= 0.3 is 0 Å². The number of nitrogens with zero attached hydrogens (tertiary/aromatic N) is 2. The summed E-state index contributed by atoms with van der Waals surface area (Å²) >= 11 is 0. The second-order valence-electron chi connectivity index (χ2n) is 6.63. The van der Waals surface area contributed by atoms with Gasteiger partial charge in [-0.2, -0.15) is 0 Å². The zero-order valence-electron chi connectivity index (χ0n) is 15.4. The van der Waals surface area contributed by atoms with Crippen LogP contribution in [0.4, 0.5) is 5.69 Å². The largest absolute Gasteiger partial charge is 0.497 e. The quantitative estimate of drug-likeness (QED) is 0.707. The maximum Gasteiger partial charge on any atom is 0.227 e. The Morgan fingerprint density at radius 1 is 1.12 bits per heavy atom. The van der Waals surface area contributed by atoms with Crippen molar-refractivity contribution in [3.63, 3.8) is 0 Å². The lowest BCUT2D eigenvalue weighted by Crippen LogP contribution is -2.19. The Labute approximate surface area is 153 Å². The maximum absolute atomic E-state index is 6.28. The standard InChI is InChI=1S/C21H22N2O3/c1-13-18-12-25-21(14-5-7-15(8-6-14)23(2)3)26-20(18)17-11-16(24-4)9-10-19(17)22-13/h5-11,21H,12H2,1-4H3. The van der Waals surface area contributed by atoms with E-state index in [2.05, 4.69) is 22.0 Å². The number of hydrogen-bond acceptors (Lipinski definition) is 5. The van der Waals surface area contributed by atoms with E-state index in [0.717, 1.165) is 44.9 Å². The van der Waals surface area contributed by atoms with Gasteiger partial charge in [0.15, 0.2) is 0 Å². The molecule has 1 unspecified atom stereocenters. The van der Waals surface area contributed by atoms with E-state index in [0.29, 0.717) is 6.61 Å². The van der Waals surface area contributed by atoms with Gasteiger partial charge in [0, 0.05) is 42.0 Å². The molecule has 1 aliphatic heterocycles. The molecular formula is C21H22N2O3. The number of ether oxygens (including phenoxy) is 3. The molecule has 1 aliphatic rings. The van der Waals surface area contributed by atoms with Crippen molar-refractivity contribution in [2.45, 2.75) is 19.8 Å². The number of benzene rings is 2. The number of pyridine rings is 1. The molecule has 0 fully saturated rings. The fourth-order valence-electron chi connectivity index (χ4n) is 3.20. The number of rotatable bonds is 3. The molecule has 3 aromatic rings. The molecule has 4 rings (SSSR count). The van der Waals surface area contributed by atoms with Gasteiger partial charge in [-0.1, -0.05) is 12.1 Å². The molecule has 0 N–H and O–H groups in total. The molecule has 0 bridgehead atoms. The minimum absolute atomic E-state index is 0.435. The van der Waals surface area contributed by atoms with Crippen LogP contribution in [0.1, 0.15) is 23.1 Å². The second kappa shape index (κ2) is 6.50. The molecule has 2 aromatic carbocycles. The summed E-state index contributed by atoms with van der Waals surface area (Å²) in [6.45, 7) is 2.46. The lowest BCUT2D eigenvalue weighted by molar-refractivity contribution is -0.110. The summed E-state index contributed by atoms with van der Waals surface area (Å²) in [6, 6.07) is 14.1. The highest BCUT2D eigenvalue weighted by atomic mass is 16.7. The Morgan fingerprint density at radius 3 is 2.58 bits per heavy atom. The minimum atomic E-state index is -0.435. The number of methoxy groups -OCH3 is 1. The summed E-state index contributed by atoms with van der Waals surface area (Å²) in [7, 11) is 5.70. The van der Waals surface area contributed by atoms with E-state index >= 15 is 0 Å². The molecule has 0 aliphatic carbocycles. The van der Waals surface area contributed by atoms with Crippen molar-refractivity contribution >= 4 is 16.6 Å². The molecule has 5 heteroatoms. The second-order valence-corrected chi connectivity index (χ2v) is 6.63. The number of aryl methyl sites for hydroxylation is 1. The van der Waals surface area contributed by atoms with E-state index in [4.69, 9.17) is 14.2 Å². The minimum Gasteiger partial charge on any atom is -0.497 e. The van der Waals surface area contributed by atoms with Crippen molar-refractivity contribution in [2.24, 2.45) is 0 Å². The van der Waals surface area contributed by atoms with Crippen molar-refractivity contribution in [3.05, 3.63) is 59.3 Å². The lowest BCUT2D eigenvalue weighted by atomic mass is 10.1. The molecule has 0 radical (unpaired) electrons. The van der Waals surface area contributed by atoms with Crippen LogP contribution in [0, 0.1) is 6.92 Å². The van der Waals surface area contributed by atoms with Crippen LogP contribution in [0.5, 0.6) is 11.5 Å². The van der Waals surface area contributed by atoms with Gasteiger partial charge in [-0.05, 0) is 37.3 Å². The summed E-state index contributed by atoms with van der Waals surface area (Å²) in [5.41, 5.74) is 4.95. The summed E-state index contributed by atoms with van der Waals surface area (Å²) in [6.07, 6.45) is -0.435. The molecule has 0 spiro atoms. The average molecular weight is 350 g/mol. The first-order valence-electron chi connectivity index (χ1n) is 8.59. The SMILES string of the molecule is COc1ccc2nc(C)c3c(c2c1)OC(c1ccc(N(C)C)cc1)OC3. The van der Waals surface area contributed by atoms with Gasteiger partial charge in [0.05, 0.1) is 19.2 Å². The van der Waals surface area contributed by atoms with Crippen LogP contribution in [0.25, 0.3) is 10.9 Å². The van der Waals surface area contributed by atoms with Crippen LogP contribution in [0.15, 0.2) is 42.5 Å². The Bertz CT molecular complexity index is 952. The van der Waals surface area contributed by atoms with Crippen molar-refractivity contribution < 1.29 is 14.2 Å². The monoisotopic (exact) mass is 350 g/mol. The Hall–Kier alpha value is -2.79. The topological polar surface area (TPSA) is 43.8 Å². The first kappa shape index (κ1) is 16.7. The van der Waals surface area contributed by atoms with Gasteiger partial charge in [0.2, 0.25) is 6.29 Å². The van der Waals surface area contributed by atoms with Gasteiger partial charge in [0.25, 0.3) is 0 Å². The van der Waals surface area contributed by atoms with Crippen molar-refractivity contribution in [1.29, 1.82) is 0 Å². The van der Waals surface area contributed by atoms with E-state index in [-0.39, 0.29) is 0 Å². The van der Waals surface area contributed by atoms with E-state index in [1.54, 1.807) is 7.11 Å². The Balaban J connectivity index is 1.75. The van der Waals surface area contributed by atoms with Crippen LogP contribution in [-0.2, 0) is 11.3 Å². The van der Waals surface area contributed by atoms with Crippen LogP contribution >= 0.6 is 0 Å². The Kier molecular flexibility index (Phi) is 4.17. The third-order valence-corrected chi connectivity index (χ3v) is 4.73. The normalized spacial score (nSPS) is 16.1. The maximum atomic E-state index is 6.28. The summed E-state index contributed by atoms with van der Waals surface area (Å²) in [5, 5.41) is 0.947. The average Bonchev–Trinajstić information content (AvgIpc) is 2.67. The fraction of sp³-hybridized carbons (Fsp3) is 0.286. The van der Waals surface area contributed by atoms with E-state index in [1.807, 2.05) is 51.4 Å². The smallest absolute Gasteiger partial charge is 0.227 e. The van der Waals surface area contributed by atoms with Crippen LogP contribution < -0.4 is 14.4 Å². The van der Waals surface area contributed by atoms with Gasteiger partial charge in [-0.25, -0.2) is 0 Å². The molecule has 2 heterocycles. The highest BCUT2D eigenvalue weighted by Crippen LogP contribution is 2.40. The van der Waals surface area contributed by atoms with E-state index in [9.17, 15) is 0 Å². The molecule has 1 atom stereocenters. The van der Waals surface area contributed by atoms with Gasteiger partial charge in [-0.3, -0.25) is 4.98 Å². The van der Waals surface area contributed by atoms with Crippen LogP contribution in [-0.4, -0.2) is 26.2 Å². The predicted octanol–water partition coefficient (Wildman–Crippen LogP) is 4.23. The van der Waals surface area contributed by atoms with Crippen molar-refractivity contribution in [2.75, 3.05) is 26.1 Å². The fourth-order valence-corrected chi connectivity index (χ4v) is 3.20. The van der Waals surface area contributed by atoms with Gasteiger partial charge < -0.3 is 19.1 Å². The molecule has 1 aromatic heterocycles. The number of anilines is 1. The molecule has 0 saturated heterocycles. The molecule has 0 saturated carbocycles. The number of fused-ring (bicyclic) bond motifs is 3. The zero-order chi connectivity index (χ0) is 18.3. The summed E-state index contributed by atoms with van der Waals surface area (Å²) in [5.74, 6) is 1.62. The summed E-state index contributed by atoms with van der Waals surface area (Å²) < 4.78 is 17.6. The first-order chi connectivity index (χ1) is 12.6. The van der Waals surface area contributed by atoms with Crippen LogP contribution in [0.2, 0.25) is 0 Å². The number of aromatic nitrogens is 1. The molecule has 0 amide bonds. The molecular weight excluding hydrogens is 328 g/mol. The van der Waals surface area contributed by atoms with Crippen LogP contribution in [0.3, 0.4) is 0 Å². The molecule has 5 nitrogen and oxygen atoms in total. The third kappa shape index (κ3) is 2.84. The highest BCUT2D eigenvalue weighted by Gasteiger charge is 2.26. The molecule has 134 valence electrons. The summed E-state index contributed by atoms with van der Waals surface area (Å²) in [4.78, 5) is 6.74. The predicted molar refractivity (Wildman–Crippen MR) is 102 cm³/mol.